The highest BCUT2D eigenvalue weighted by Crippen LogP contribution is 2.38. The summed E-state index contributed by atoms with van der Waals surface area (Å²) in [5.74, 6) is 3.61. The summed E-state index contributed by atoms with van der Waals surface area (Å²) in [6, 6.07) is 0. The molecule has 1 nitrogen and oxygen atoms in total. The average molecular weight is 225 g/mol. The Morgan fingerprint density at radius 2 is 1.88 bits per heavy atom. The van der Waals surface area contributed by atoms with Crippen LogP contribution < -0.4 is 5.73 Å². The lowest BCUT2D eigenvalue weighted by Gasteiger charge is -2.36. The van der Waals surface area contributed by atoms with E-state index < -0.39 is 0 Å². The smallest absolute Gasteiger partial charge is 0.00462 e. The zero-order chi connectivity index (χ0) is 12.0. The molecule has 1 saturated carbocycles. The summed E-state index contributed by atoms with van der Waals surface area (Å²) in [6.45, 7) is 7.91. The van der Waals surface area contributed by atoms with Crippen LogP contribution in [0.4, 0.5) is 0 Å². The lowest BCUT2D eigenvalue weighted by molar-refractivity contribution is 0.161. The average Bonchev–Trinajstić information content (AvgIpc) is 2.27. The molecule has 16 heavy (non-hydrogen) atoms. The molecule has 3 unspecified atom stereocenters. The Morgan fingerprint density at radius 1 is 1.12 bits per heavy atom. The van der Waals surface area contributed by atoms with Crippen molar-refractivity contribution in [1.82, 2.24) is 0 Å². The Bertz CT molecular complexity index is 176. The highest BCUT2D eigenvalue weighted by molar-refractivity contribution is 4.81. The molecule has 1 fully saturated rings. The molecule has 0 aromatic carbocycles. The Labute approximate surface area is 102 Å². The molecule has 1 heteroatoms. The second-order valence-electron chi connectivity index (χ2n) is 6.19. The van der Waals surface area contributed by atoms with Crippen LogP contribution >= 0.6 is 0 Å². The molecular formula is C15H31N. The molecule has 0 spiro atoms. The van der Waals surface area contributed by atoms with E-state index in [9.17, 15) is 0 Å². The van der Waals surface area contributed by atoms with E-state index in [0.717, 1.165) is 30.2 Å². The Kier molecular flexibility index (Phi) is 6.41. The zero-order valence-corrected chi connectivity index (χ0v) is 11.5. The number of nitrogens with two attached hydrogens (primary N) is 1. The molecule has 0 bridgehead atoms. The van der Waals surface area contributed by atoms with E-state index in [2.05, 4.69) is 20.8 Å². The SMILES string of the molecule is CCCC1CCC(CN)C(CCC(C)C)C1. The third-order valence-electron chi connectivity index (χ3n) is 4.36. The first kappa shape index (κ1) is 14.0. The van der Waals surface area contributed by atoms with Crippen LogP contribution in [0, 0.1) is 23.7 Å². The summed E-state index contributed by atoms with van der Waals surface area (Å²) < 4.78 is 0. The molecule has 1 rings (SSSR count). The largest absolute Gasteiger partial charge is 0.330 e. The second-order valence-corrected chi connectivity index (χ2v) is 6.19. The van der Waals surface area contributed by atoms with Gasteiger partial charge in [-0.15, -0.1) is 0 Å². The van der Waals surface area contributed by atoms with Gasteiger partial charge < -0.3 is 5.73 Å². The molecule has 0 aromatic rings. The third kappa shape index (κ3) is 4.45. The predicted octanol–water partition coefficient (Wildman–Crippen LogP) is 4.21. The Morgan fingerprint density at radius 3 is 2.44 bits per heavy atom. The first-order valence-corrected chi connectivity index (χ1v) is 7.37. The summed E-state index contributed by atoms with van der Waals surface area (Å²) in [5, 5.41) is 0. The van der Waals surface area contributed by atoms with Crippen molar-refractivity contribution in [3.05, 3.63) is 0 Å². The van der Waals surface area contributed by atoms with E-state index in [1.54, 1.807) is 0 Å². The van der Waals surface area contributed by atoms with Crippen molar-refractivity contribution >= 4 is 0 Å². The van der Waals surface area contributed by atoms with Crippen molar-refractivity contribution in [2.45, 2.75) is 65.7 Å². The van der Waals surface area contributed by atoms with Gasteiger partial charge in [-0.3, -0.25) is 0 Å². The normalized spacial score (nSPS) is 30.9. The van der Waals surface area contributed by atoms with E-state index in [1.165, 1.54) is 44.9 Å². The Balaban J connectivity index is 2.40. The minimum Gasteiger partial charge on any atom is -0.330 e. The summed E-state index contributed by atoms with van der Waals surface area (Å²) in [4.78, 5) is 0. The molecule has 0 saturated heterocycles. The molecule has 0 aliphatic heterocycles. The van der Waals surface area contributed by atoms with Gasteiger partial charge in [-0.2, -0.15) is 0 Å². The molecular weight excluding hydrogens is 194 g/mol. The maximum Gasteiger partial charge on any atom is -0.00462 e. The molecule has 0 heterocycles. The van der Waals surface area contributed by atoms with Gasteiger partial charge in [0.25, 0.3) is 0 Å². The van der Waals surface area contributed by atoms with Crippen molar-refractivity contribution in [1.29, 1.82) is 0 Å². The van der Waals surface area contributed by atoms with E-state index in [1.807, 2.05) is 0 Å². The number of hydrogen-bond acceptors (Lipinski definition) is 1. The van der Waals surface area contributed by atoms with Crippen LogP contribution in [-0.2, 0) is 0 Å². The fraction of sp³-hybridized carbons (Fsp3) is 1.00. The van der Waals surface area contributed by atoms with Crippen molar-refractivity contribution in [2.24, 2.45) is 29.4 Å². The number of hydrogen-bond donors (Lipinski definition) is 1. The highest BCUT2D eigenvalue weighted by Gasteiger charge is 2.28. The van der Waals surface area contributed by atoms with Gasteiger partial charge in [0, 0.05) is 0 Å². The van der Waals surface area contributed by atoms with Crippen LogP contribution in [-0.4, -0.2) is 6.54 Å². The lowest BCUT2D eigenvalue weighted by atomic mass is 9.70. The van der Waals surface area contributed by atoms with Gasteiger partial charge in [0.2, 0.25) is 0 Å². The van der Waals surface area contributed by atoms with Crippen molar-refractivity contribution in [3.8, 4) is 0 Å². The van der Waals surface area contributed by atoms with Gasteiger partial charge in [-0.05, 0) is 49.5 Å². The van der Waals surface area contributed by atoms with Gasteiger partial charge in [-0.25, -0.2) is 0 Å². The molecule has 0 aromatic heterocycles. The maximum absolute atomic E-state index is 5.92. The standard InChI is InChI=1S/C15H31N/c1-4-5-13-7-9-15(11-16)14(10-13)8-6-12(2)3/h12-15H,4-11,16H2,1-3H3. The predicted molar refractivity (Wildman–Crippen MR) is 72.4 cm³/mol. The molecule has 3 atom stereocenters. The van der Waals surface area contributed by atoms with Crippen molar-refractivity contribution in [2.75, 3.05) is 6.54 Å². The third-order valence-corrected chi connectivity index (χ3v) is 4.36. The first-order chi connectivity index (χ1) is 7.67. The first-order valence-electron chi connectivity index (χ1n) is 7.37. The summed E-state index contributed by atoms with van der Waals surface area (Å²) in [7, 11) is 0. The fourth-order valence-electron chi connectivity index (χ4n) is 3.31. The molecule has 96 valence electrons. The lowest BCUT2D eigenvalue weighted by Crippen LogP contribution is -2.30. The van der Waals surface area contributed by atoms with Crippen LogP contribution in [0.2, 0.25) is 0 Å². The van der Waals surface area contributed by atoms with E-state index in [4.69, 9.17) is 5.73 Å². The van der Waals surface area contributed by atoms with E-state index in [0.29, 0.717) is 0 Å². The Hall–Kier alpha value is -0.0400. The van der Waals surface area contributed by atoms with Crippen LogP contribution in [0.25, 0.3) is 0 Å². The van der Waals surface area contributed by atoms with Gasteiger partial charge in [0.1, 0.15) is 0 Å². The molecule has 2 N–H and O–H groups in total. The topological polar surface area (TPSA) is 26.0 Å². The van der Waals surface area contributed by atoms with Crippen molar-refractivity contribution in [3.63, 3.8) is 0 Å². The van der Waals surface area contributed by atoms with Gasteiger partial charge in [-0.1, -0.05) is 46.5 Å². The summed E-state index contributed by atoms with van der Waals surface area (Å²) >= 11 is 0. The van der Waals surface area contributed by atoms with Crippen LogP contribution in [0.15, 0.2) is 0 Å². The number of rotatable bonds is 6. The highest BCUT2D eigenvalue weighted by atomic mass is 14.6. The van der Waals surface area contributed by atoms with Crippen LogP contribution in [0.3, 0.4) is 0 Å². The quantitative estimate of drug-likeness (QED) is 0.720. The minimum atomic E-state index is 0.826. The van der Waals surface area contributed by atoms with Gasteiger partial charge in [0.15, 0.2) is 0 Å². The molecule has 1 aliphatic carbocycles. The molecule has 0 amide bonds. The van der Waals surface area contributed by atoms with E-state index >= 15 is 0 Å². The maximum atomic E-state index is 5.92. The summed E-state index contributed by atoms with van der Waals surface area (Å²) in [5.41, 5.74) is 5.92. The van der Waals surface area contributed by atoms with Crippen LogP contribution in [0.1, 0.15) is 65.7 Å². The molecule has 1 aliphatic rings. The monoisotopic (exact) mass is 225 g/mol. The van der Waals surface area contributed by atoms with Gasteiger partial charge in [0.05, 0.1) is 0 Å². The summed E-state index contributed by atoms with van der Waals surface area (Å²) in [6.07, 6.45) is 9.89. The van der Waals surface area contributed by atoms with E-state index in [-0.39, 0.29) is 0 Å². The van der Waals surface area contributed by atoms with Crippen molar-refractivity contribution < 1.29 is 0 Å². The fourth-order valence-corrected chi connectivity index (χ4v) is 3.31. The minimum absolute atomic E-state index is 0.826. The van der Waals surface area contributed by atoms with Crippen LogP contribution in [0.5, 0.6) is 0 Å². The zero-order valence-electron chi connectivity index (χ0n) is 11.5. The second kappa shape index (κ2) is 7.32. The van der Waals surface area contributed by atoms with Gasteiger partial charge >= 0.3 is 0 Å². The molecule has 0 radical (unpaired) electrons.